The fourth-order valence-corrected chi connectivity index (χ4v) is 5.58. The van der Waals surface area contributed by atoms with Gasteiger partial charge in [-0.05, 0) is 42.5 Å². The Morgan fingerprint density at radius 1 is 1.08 bits per heavy atom. The van der Waals surface area contributed by atoms with E-state index < -0.39 is 0 Å². The standard InChI is InChI=1S/C25H24FN5O3S2/c1-34-15-14-31-24(33)20(36-25(31)35)16-19-22(27-21-4-2-3-9-30(21)23(19)32)29-12-10-28(11-13-29)18-7-5-17(26)6-8-18/h2-9,16H,10-15H2,1H3. The highest BCUT2D eigenvalue weighted by Crippen LogP contribution is 2.33. The molecule has 0 atom stereocenters. The predicted molar refractivity (Wildman–Crippen MR) is 144 cm³/mol. The lowest BCUT2D eigenvalue weighted by Crippen LogP contribution is -2.47. The molecule has 11 heteroatoms. The van der Waals surface area contributed by atoms with Gasteiger partial charge in [0.25, 0.3) is 11.5 Å². The normalized spacial score (nSPS) is 17.6. The summed E-state index contributed by atoms with van der Waals surface area (Å²) in [5.41, 5.74) is 1.57. The lowest BCUT2D eigenvalue weighted by Gasteiger charge is -2.37. The van der Waals surface area contributed by atoms with Crippen LogP contribution >= 0.6 is 24.0 Å². The summed E-state index contributed by atoms with van der Waals surface area (Å²) in [6.07, 6.45) is 3.28. The number of amides is 1. The smallest absolute Gasteiger partial charge is 0.267 e. The fourth-order valence-electron chi connectivity index (χ4n) is 4.29. The molecule has 1 aromatic carbocycles. The molecule has 2 saturated heterocycles. The average Bonchev–Trinajstić information content (AvgIpc) is 3.16. The molecule has 36 heavy (non-hydrogen) atoms. The van der Waals surface area contributed by atoms with Crippen molar-refractivity contribution in [1.29, 1.82) is 0 Å². The largest absolute Gasteiger partial charge is 0.383 e. The molecule has 4 heterocycles. The summed E-state index contributed by atoms with van der Waals surface area (Å²) in [6, 6.07) is 11.8. The summed E-state index contributed by atoms with van der Waals surface area (Å²) in [4.78, 5) is 37.5. The van der Waals surface area contributed by atoms with E-state index >= 15 is 0 Å². The summed E-state index contributed by atoms with van der Waals surface area (Å²) >= 11 is 6.57. The van der Waals surface area contributed by atoms with Crippen LogP contribution in [-0.2, 0) is 9.53 Å². The molecule has 0 saturated carbocycles. The third-order valence-corrected chi connectivity index (χ3v) is 7.57. The second-order valence-electron chi connectivity index (χ2n) is 8.36. The van der Waals surface area contributed by atoms with Gasteiger partial charge in [-0.1, -0.05) is 30.0 Å². The summed E-state index contributed by atoms with van der Waals surface area (Å²) in [5, 5.41) is 0. The van der Waals surface area contributed by atoms with Crippen LogP contribution in [0.1, 0.15) is 5.56 Å². The Morgan fingerprint density at radius 3 is 2.53 bits per heavy atom. The fraction of sp³-hybridized carbons (Fsp3) is 0.280. The molecule has 0 N–H and O–H groups in total. The van der Waals surface area contributed by atoms with Gasteiger partial charge in [-0.2, -0.15) is 0 Å². The van der Waals surface area contributed by atoms with Gasteiger partial charge in [0.1, 0.15) is 21.6 Å². The Kier molecular flexibility index (Phi) is 7.04. The third kappa shape index (κ3) is 4.73. The number of ether oxygens (including phenoxy) is 1. The van der Waals surface area contributed by atoms with E-state index in [4.69, 9.17) is 21.9 Å². The Morgan fingerprint density at radius 2 is 1.81 bits per heavy atom. The van der Waals surface area contributed by atoms with Crippen LogP contribution in [0, 0.1) is 5.82 Å². The molecule has 2 fully saturated rings. The molecule has 2 aliphatic heterocycles. The number of thiocarbonyl (C=S) groups is 1. The molecule has 0 radical (unpaired) electrons. The minimum absolute atomic E-state index is 0.244. The van der Waals surface area contributed by atoms with E-state index in [1.807, 2.05) is 6.07 Å². The molecule has 1 amide bonds. The highest BCUT2D eigenvalue weighted by Gasteiger charge is 2.33. The van der Waals surface area contributed by atoms with Crippen LogP contribution < -0.4 is 15.4 Å². The molecule has 0 bridgehead atoms. The third-order valence-electron chi connectivity index (χ3n) is 6.19. The number of aromatic nitrogens is 2. The van der Waals surface area contributed by atoms with Gasteiger partial charge in [0.05, 0.1) is 23.6 Å². The maximum absolute atomic E-state index is 13.6. The number of pyridine rings is 1. The van der Waals surface area contributed by atoms with Crippen molar-refractivity contribution in [3.8, 4) is 0 Å². The van der Waals surface area contributed by atoms with Gasteiger partial charge in [0, 0.05) is 45.2 Å². The summed E-state index contributed by atoms with van der Waals surface area (Å²) in [7, 11) is 1.57. The summed E-state index contributed by atoms with van der Waals surface area (Å²) < 4.78 is 20.3. The van der Waals surface area contributed by atoms with Gasteiger partial charge < -0.3 is 14.5 Å². The van der Waals surface area contributed by atoms with E-state index in [0.717, 1.165) is 5.69 Å². The second-order valence-corrected chi connectivity index (χ2v) is 10.0. The zero-order chi connectivity index (χ0) is 25.2. The maximum Gasteiger partial charge on any atom is 0.267 e. The number of piperazine rings is 1. The first-order valence-corrected chi connectivity index (χ1v) is 12.7. The van der Waals surface area contributed by atoms with Crippen LogP contribution in [0.2, 0.25) is 0 Å². The molecule has 0 aliphatic carbocycles. The highest BCUT2D eigenvalue weighted by atomic mass is 32.2. The zero-order valence-electron chi connectivity index (χ0n) is 19.6. The van der Waals surface area contributed by atoms with Gasteiger partial charge in [-0.15, -0.1) is 0 Å². The van der Waals surface area contributed by atoms with E-state index in [1.54, 1.807) is 43.6 Å². The number of anilines is 2. The molecule has 0 unspecified atom stereocenters. The molecule has 2 aromatic heterocycles. The molecule has 5 rings (SSSR count). The molecule has 2 aliphatic rings. The number of carbonyl (C=O) groups excluding carboxylic acids is 1. The zero-order valence-corrected chi connectivity index (χ0v) is 21.2. The van der Waals surface area contributed by atoms with Crippen molar-refractivity contribution in [3.63, 3.8) is 0 Å². The van der Waals surface area contributed by atoms with Crippen molar-refractivity contribution in [3.05, 3.63) is 75.3 Å². The van der Waals surface area contributed by atoms with Crippen molar-refractivity contribution < 1.29 is 13.9 Å². The molecule has 0 spiro atoms. The SMILES string of the molecule is COCCN1C(=O)C(=Cc2c(N3CCN(c4ccc(F)cc4)CC3)nc3ccccn3c2=O)SC1=S. The van der Waals surface area contributed by atoms with Crippen LogP contribution in [0.3, 0.4) is 0 Å². The first-order valence-electron chi connectivity index (χ1n) is 11.5. The van der Waals surface area contributed by atoms with Crippen molar-refractivity contribution in [2.75, 3.05) is 56.2 Å². The lowest BCUT2D eigenvalue weighted by atomic mass is 10.2. The Hall–Kier alpha value is -3.28. The van der Waals surface area contributed by atoms with Crippen molar-refractivity contribution in [2.45, 2.75) is 0 Å². The van der Waals surface area contributed by atoms with E-state index in [1.165, 1.54) is 33.2 Å². The van der Waals surface area contributed by atoms with Crippen molar-refractivity contribution in [1.82, 2.24) is 14.3 Å². The lowest BCUT2D eigenvalue weighted by molar-refractivity contribution is -0.122. The minimum Gasteiger partial charge on any atom is -0.383 e. The number of carbonyl (C=O) groups is 1. The first-order chi connectivity index (χ1) is 17.5. The number of nitrogens with zero attached hydrogens (tertiary/aromatic N) is 5. The van der Waals surface area contributed by atoms with E-state index in [9.17, 15) is 14.0 Å². The average molecular weight is 526 g/mol. The number of fused-ring (bicyclic) bond motifs is 1. The highest BCUT2D eigenvalue weighted by molar-refractivity contribution is 8.26. The molecule has 3 aromatic rings. The van der Waals surface area contributed by atoms with Gasteiger partial charge in [0.2, 0.25) is 0 Å². The number of thioether (sulfide) groups is 1. The van der Waals surface area contributed by atoms with E-state index in [0.29, 0.717) is 65.6 Å². The van der Waals surface area contributed by atoms with Crippen molar-refractivity contribution in [2.24, 2.45) is 0 Å². The van der Waals surface area contributed by atoms with Crippen LogP contribution in [-0.4, -0.2) is 71.0 Å². The quantitative estimate of drug-likeness (QED) is 0.360. The van der Waals surface area contributed by atoms with Crippen LogP contribution in [0.4, 0.5) is 15.9 Å². The van der Waals surface area contributed by atoms with Crippen LogP contribution in [0.25, 0.3) is 11.7 Å². The first kappa shape index (κ1) is 24.4. The monoisotopic (exact) mass is 525 g/mol. The van der Waals surface area contributed by atoms with Gasteiger partial charge >= 0.3 is 0 Å². The number of hydrogen-bond donors (Lipinski definition) is 0. The van der Waals surface area contributed by atoms with Gasteiger partial charge in [-0.25, -0.2) is 9.37 Å². The minimum atomic E-state index is -0.268. The van der Waals surface area contributed by atoms with E-state index in [2.05, 4.69) is 9.80 Å². The Bertz CT molecular complexity index is 1400. The second kappa shape index (κ2) is 10.4. The maximum atomic E-state index is 13.6. The number of rotatable bonds is 6. The Balaban J connectivity index is 1.49. The van der Waals surface area contributed by atoms with Crippen molar-refractivity contribution >= 4 is 57.4 Å². The van der Waals surface area contributed by atoms with Crippen LogP contribution in [0.5, 0.6) is 0 Å². The summed E-state index contributed by atoms with van der Waals surface area (Å²) in [6.45, 7) is 3.31. The van der Waals surface area contributed by atoms with Gasteiger partial charge in [0.15, 0.2) is 0 Å². The number of benzene rings is 1. The Labute approximate surface area is 217 Å². The number of methoxy groups -OCH3 is 1. The number of hydrogen-bond acceptors (Lipinski definition) is 8. The predicted octanol–water partition coefficient (Wildman–Crippen LogP) is 3.01. The van der Waals surface area contributed by atoms with E-state index in [-0.39, 0.29) is 17.3 Å². The molecule has 186 valence electrons. The number of halogens is 1. The van der Waals surface area contributed by atoms with Gasteiger partial charge in [-0.3, -0.25) is 18.9 Å². The summed E-state index contributed by atoms with van der Waals surface area (Å²) in [5.74, 6) is 0.0225. The molecule has 8 nitrogen and oxygen atoms in total. The molecular weight excluding hydrogens is 501 g/mol. The van der Waals surface area contributed by atoms with Crippen LogP contribution in [0.15, 0.2) is 58.4 Å². The topological polar surface area (TPSA) is 70.4 Å². The molecular formula is C25H24FN5O3S2.